The Kier molecular flexibility index (Phi) is 5.44. The molecule has 0 unspecified atom stereocenters. The Labute approximate surface area is 135 Å². The van der Waals surface area contributed by atoms with Crippen molar-refractivity contribution in [2.24, 2.45) is 5.92 Å². The number of hydrogen-bond donors (Lipinski definition) is 0. The van der Waals surface area contributed by atoms with Gasteiger partial charge in [0.2, 0.25) is 0 Å². The van der Waals surface area contributed by atoms with E-state index in [1.54, 1.807) is 0 Å². The summed E-state index contributed by atoms with van der Waals surface area (Å²) in [7, 11) is 0. The Morgan fingerprint density at radius 3 is 2.41 bits per heavy atom. The van der Waals surface area contributed by atoms with Gasteiger partial charge in [0.05, 0.1) is 0 Å². The first-order valence-electron chi connectivity index (χ1n) is 8.65. The van der Waals surface area contributed by atoms with E-state index in [0.29, 0.717) is 24.2 Å². The molecule has 1 atom stereocenters. The summed E-state index contributed by atoms with van der Waals surface area (Å²) in [4.78, 5) is 15.0. The van der Waals surface area contributed by atoms with Crippen LogP contribution in [0, 0.1) is 5.92 Å². The van der Waals surface area contributed by atoms with Gasteiger partial charge in [-0.05, 0) is 50.1 Å². The van der Waals surface area contributed by atoms with Crippen LogP contribution in [0.3, 0.4) is 0 Å². The number of carbonyl (C=O) groups is 1. The molecular weight excluding hydrogens is 270 g/mol. The van der Waals surface area contributed by atoms with Gasteiger partial charge in [-0.25, -0.2) is 0 Å². The van der Waals surface area contributed by atoms with Gasteiger partial charge in [-0.2, -0.15) is 0 Å². The number of rotatable bonds is 4. The number of benzene rings is 1. The topological polar surface area (TPSA) is 20.3 Å². The first-order valence-corrected chi connectivity index (χ1v) is 8.65. The van der Waals surface area contributed by atoms with Crippen LogP contribution in [0.4, 0.5) is 0 Å². The Morgan fingerprint density at radius 1 is 1.23 bits per heavy atom. The van der Waals surface area contributed by atoms with Crippen molar-refractivity contribution in [2.45, 2.75) is 65.3 Å². The summed E-state index contributed by atoms with van der Waals surface area (Å²) in [6.45, 7) is 13.3. The third-order valence-electron chi connectivity index (χ3n) is 4.83. The van der Waals surface area contributed by atoms with Crippen LogP contribution in [0.5, 0.6) is 0 Å². The Balaban J connectivity index is 1.97. The van der Waals surface area contributed by atoms with E-state index in [9.17, 15) is 4.79 Å². The molecule has 1 aromatic rings. The lowest BCUT2D eigenvalue weighted by Crippen LogP contribution is -2.40. The highest BCUT2D eigenvalue weighted by Crippen LogP contribution is 2.25. The molecule has 0 N–H and O–H groups in total. The highest BCUT2D eigenvalue weighted by molar-refractivity contribution is 5.96. The highest BCUT2D eigenvalue weighted by Gasteiger charge is 2.24. The summed E-state index contributed by atoms with van der Waals surface area (Å²) < 4.78 is 0. The van der Waals surface area contributed by atoms with E-state index in [-0.39, 0.29) is 5.41 Å². The minimum absolute atomic E-state index is 0.142. The van der Waals surface area contributed by atoms with Crippen molar-refractivity contribution in [2.75, 3.05) is 13.1 Å². The van der Waals surface area contributed by atoms with Crippen molar-refractivity contribution in [1.82, 2.24) is 4.90 Å². The molecule has 1 aromatic carbocycles. The maximum atomic E-state index is 12.5. The van der Waals surface area contributed by atoms with Gasteiger partial charge in [-0.3, -0.25) is 4.79 Å². The molecule has 1 aliphatic rings. The number of hydrogen-bond acceptors (Lipinski definition) is 2. The van der Waals surface area contributed by atoms with Gasteiger partial charge in [0.1, 0.15) is 0 Å². The first kappa shape index (κ1) is 17.2. The van der Waals surface area contributed by atoms with Crippen LogP contribution in [0.25, 0.3) is 0 Å². The summed E-state index contributed by atoms with van der Waals surface area (Å²) in [5.41, 5.74) is 2.30. The van der Waals surface area contributed by atoms with Crippen LogP contribution in [-0.2, 0) is 5.41 Å². The lowest BCUT2D eigenvalue weighted by Gasteiger charge is -2.35. The lowest BCUT2D eigenvalue weighted by molar-refractivity contribution is 0.0890. The molecule has 0 bridgehead atoms. The Hall–Kier alpha value is -1.15. The van der Waals surface area contributed by atoms with Gasteiger partial charge in [-0.1, -0.05) is 45.0 Å². The summed E-state index contributed by atoms with van der Waals surface area (Å²) in [5.74, 6) is 0.821. The van der Waals surface area contributed by atoms with Crippen molar-refractivity contribution in [1.29, 1.82) is 0 Å². The maximum absolute atomic E-state index is 12.5. The van der Waals surface area contributed by atoms with E-state index in [2.05, 4.69) is 51.7 Å². The van der Waals surface area contributed by atoms with E-state index in [0.717, 1.165) is 12.1 Å². The molecule has 1 saturated heterocycles. The zero-order chi connectivity index (χ0) is 16.3. The van der Waals surface area contributed by atoms with Gasteiger partial charge in [-0.15, -0.1) is 0 Å². The van der Waals surface area contributed by atoms with Gasteiger partial charge in [0, 0.05) is 24.6 Å². The fourth-order valence-electron chi connectivity index (χ4n) is 3.27. The second-order valence-corrected chi connectivity index (χ2v) is 8.05. The van der Waals surface area contributed by atoms with E-state index >= 15 is 0 Å². The minimum Gasteiger partial charge on any atom is -0.301 e. The van der Waals surface area contributed by atoms with Crippen molar-refractivity contribution in [3.63, 3.8) is 0 Å². The largest absolute Gasteiger partial charge is 0.301 e. The molecule has 2 nitrogen and oxygen atoms in total. The van der Waals surface area contributed by atoms with Crippen LogP contribution in [0.1, 0.15) is 69.8 Å². The molecule has 0 aliphatic carbocycles. The second-order valence-electron chi connectivity index (χ2n) is 8.05. The summed E-state index contributed by atoms with van der Waals surface area (Å²) in [6.07, 6.45) is 3.10. The molecule has 0 amide bonds. The Bertz CT molecular complexity index is 495. The Morgan fingerprint density at radius 2 is 1.86 bits per heavy atom. The number of carbonyl (C=O) groups excluding carboxylic acids is 1. The lowest BCUT2D eigenvalue weighted by atomic mass is 9.85. The smallest absolute Gasteiger partial charge is 0.163 e. The molecule has 122 valence electrons. The van der Waals surface area contributed by atoms with Crippen LogP contribution >= 0.6 is 0 Å². The van der Waals surface area contributed by atoms with E-state index in [1.165, 1.54) is 24.9 Å². The molecule has 22 heavy (non-hydrogen) atoms. The highest BCUT2D eigenvalue weighted by atomic mass is 16.1. The van der Waals surface area contributed by atoms with Gasteiger partial charge in [0.25, 0.3) is 0 Å². The molecule has 1 heterocycles. The third kappa shape index (κ3) is 4.42. The molecule has 0 aromatic heterocycles. The molecule has 0 spiro atoms. The zero-order valence-electron chi connectivity index (χ0n) is 14.9. The van der Waals surface area contributed by atoms with Gasteiger partial charge in [0.15, 0.2) is 5.78 Å². The van der Waals surface area contributed by atoms with Crippen LogP contribution in [0.15, 0.2) is 24.3 Å². The fraction of sp³-hybridized carbons (Fsp3) is 0.650. The van der Waals surface area contributed by atoms with Gasteiger partial charge < -0.3 is 4.90 Å². The van der Waals surface area contributed by atoms with Crippen molar-refractivity contribution < 1.29 is 4.79 Å². The second kappa shape index (κ2) is 6.95. The summed E-state index contributed by atoms with van der Waals surface area (Å²) in [6, 6.07) is 8.81. The summed E-state index contributed by atoms with van der Waals surface area (Å²) >= 11 is 0. The molecule has 0 saturated carbocycles. The first-order chi connectivity index (χ1) is 10.3. The predicted octanol–water partition coefficient (Wildman–Crippen LogP) is 4.68. The van der Waals surface area contributed by atoms with Crippen molar-refractivity contribution in [3.8, 4) is 0 Å². The third-order valence-corrected chi connectivity index (χ3v) is 4.83. The number of ketones is 1. The minimum atomic E-state index is 0.142. The number of likely N-dealkylation sites (tertiary alicyclic amines) is 1. The van der Waals surface area contributed by atoms with E-state index in [4.69, 9.17) is 0 Å². The molecule has 0 radical (unpaired) electrons. The number of Topliss-reactive ketones (excluding diaryl/α,β-unsaturated/α-hetero) is 1. The fourth-order valence-corrected chi connectivity index (χ4v) is 3.27. The van der Waals surface area contributed by atoms with Crippen LogP contribution in [0.2, 0.25) is 0 Å². The molecule has 1 aliphatic heterocycles. The van der Waals surface area contributed by atoms with E-state index < -0.39 is 0 Å². The molecule has 2 heteroatoms. The molecule has 1 fully saturated rings. The SMILES string of the molecule is CC(C)N1CCC[C@@H](CC(=O)c2ccc(C(C)(C)C)cc2)C1. The number of piperidine rings is 1. The quantitative estimate of drug-likeness (QED) is 0.753. The molecular formula is C20H31NO. The average molecular weight is 301 g/mol. The van der Waals surface area contributed by atoms with Crippen LogP contribution < -0.4 is 0 Å². The van der Waals surface area contributed by atoms with Crippen LogP contribution in [-0.4, -0.2) is 29.8 Å². The zero-order valence-corrected chi connectivity index (χ0v) is 14.9. The molecule has 2 rings (SSSR count). The average Bonchev–Trinajstić information content (AvgIpc) is 2.46. The maximum Gasteiger partial charge on any atom is 0.163 e. The standard InChI is InChI=1S/C20H31NO/c1-15(2)21-12-6-7-16(14-21)13-19(22)17-8-10-18(11-9-17)20(3,4)5/h8-11,15-16H,6-7,12-14H2,1-5H3/t16-/m0/s1. The normalized spacial score (nSPS) is 20.4. The van der Waals surface area contributed by atoms with Gasteiger partial charge >= 0.3 is 0 Å². The predicted molar refractivity (Wildman–Crippen MR) is 93.5 cm³/mol. The number of nitrogens with zero attached hydrogens (tertiary/aromatic N) is 1. The summed E-state index contributed by atoms with van der Waals surface area (Å²) in [5, 5.41) is 0. The van der Waals surface area contributed by atoms with E-state index in [1.807, 2.05) is 12.1 Å². The monoisotopic (exact) mass is 301 g/mol. The van der Waals surface area contributed by atoms with Crippen molar-refractivity contribution >= 4 is 5.78 Å². The van der Waals surface area contributed by atoms with Crippen molar-refractivity contribution in [3.05, 3.63) is 35.4 Å².